The third kappa shape index (κ3) is 6.40. The van der Waals surface area contributed by atoms with Gasteiger partial charge in [0.25, 0.3) is 0 Å². The van der Waals surface area contributed by atoms with E-state index < -0.39 is 0 Å². The summed E-state index contributed by atoms with van der Waals surface area (Å²) in [6.45, 7) is 5.10. The molecule has 1 fully saturated rings. The van der Waals surface area contributed by atoms with Gasteiger partial charge in [0.2, 0.25) is 0 Å². The van der Waals surface area contributed by atoms with E-state index >= 15 is 0 Å². The zero-order valence-electron chi connectivity index (χ0n) is 16.7. The monoisotopic (exact) mass is 574 g/mol. The summed E-state index contributed by atoms with van der Waals surface area (Å²) in [4.78, 5) is 7.02. The number of hydrogen-bond acceptors (Lipinski definition) is 4. The summed E-state index contributed by atoms with van der Waals surface area (Å²) in [5.41, 5.74) is 1.95. The van der Waals surface area contributed by atoms with Crippen molar-refractivity contribution in [3.63, 3.8) is 0 Å². The van der Waals surface area contributed by atoms with Gasteiger partial charge in [-0.25, -0.2) is 4.99 Å². The molecule has 1 atom stereocenters. The number of ether oxygens (including phenoxy) is 1. The topological polar surface area (TPSA) is 69.1 Å². The largest absolute Gasteiger partial charge is 0.508 e. The molecule has 2 aromatic rings. The number of anilines is 1. The van der Waals surface area contributed by atoms with E-state index in [-0.39, 0.29) is 29.7 Å². The van der Waals surface area contributed by atoms with Crippen molar-refractivity contribution in [2.24, 2.45) is 4.99 Å². The summed E-state index contributed by atoms with van der Waals surface area (Å²) in [5.74, 6) is 1.69. The molecule has 0 amide bonds. The number of phenols is 1. The van der Waals surface area contributed by atoms with E-state index in [2.05, 4.69) is 54.7 Å². The number of phenolic OH excluding ortho intramolecular Hbond substituents is 1. The number of methoxy groups -OCH3 is 1. The average Bonchev–Trinajstić information content (AvgIpc) is 3.16. The van der Waals surface area contributed by atoms with E-state index in [0.717, 1.165) is 42.1 Å². The molecule has 0 radical (unpaired) electrons. The van der Waals surface area contributed by atoms with Crippen LogP contribution in [-0.4, -0.2) is 43.9 Å². The molecule has 8 heteroatoms. The van der Waals surface area contributed by atoms with Gasteiger partial charge >= 0.3 is 0 Å². The van der Waals surface area contributed by atoms with Crippen LogP contribution in [0.4, 0.5) is 5.69 Å². The van der Waals surface area contributed by atoms with Crippen LogP contribution < -0.4 is 20.3 Å². The minimum atomic E-state index is 0. The van der Waals surface area contributed by atoms with Crippen LogP contribution in [-0.2, 0) is 6.54 Å². The number of benzene rings is 2. The summed E-state index contributed by atoms with van der Waals surface area (Å²) in [7, 11) is 1.61. The lowest BCUT2D eigenvalue weighted by atomic mass is 10.2. The maximum Gasteiger partial charge on any atom is 0.191 e. The number of hydrogen-bond donors (Lipinski definition) is 3. The van der Waals surface area contributed by atoms with Gasteiger partial charge in [0.1, 0.15) is 11.5 Å². The molecule has 6 nitrogen and oxygen atoms in total. The molecule has 0 aromatic heterocycles. The van der Waals surface area contributed by atoms with Crippen LogP contribution in [0.15, 0.2) is 51.9 Å². The average molecular weight is 575 g/mol. The number of para-hydroxylation sites is 1. The summed E-state index contributed by atoms with van der Waals surface area (Å²) < 4.78 is 6.35. The fourth-order valence-corrected chi connectivity index (χ4v) is 3.83. The lowest BCUT2D eigenvalue weighted by Crippen LogP contribution is -2.44. The fourth-order valence-electron chi connectivity index (χ4n) is 3.30. The Morgan fingerprint density at radius 2 is 2.10 bits per heavy atom. The predicted molar refractivity (Wildman–Crippen MR) is 133 cm³/mol. The summed E-state index contributed by atoms with van der Waals surface area (Å²) in [6.07, 6.45) is 1.04. The normalized spacial score (nSPS) is 16.3. The molecule has 3 N–H and O–H groups in total. The van der Waals surface area contributed by atoms with Crippen LogP contribution in [0.2, 0.25) is 0 Å². The minimum Gasteiger partial charge on any atom is -0.508 e. The molecule has 0 spiro atoms. The molecule has 0 aliphatic carbocycles. The number of nitrogens with zero attached hydrogens (tertiary/aromatic N) is 2. The zero-order chi connectivity index (χ0) is 19.9. The maximum atomic E-state index is 10.1. The molecule has 0 saturated carbocycles. The third-order valence-electron chi connectivity index (χ3n) is 4.76. The zero-order valence-corrected chi connectivity index (χ0v) is 20.6. The molecule has 158 valence electrons. The van der Waals surface area contributed by atoms with Gasteiger partial charge in [-0.3, -0.25) is 0 Å². The van der Waals surface area contributed by atoms with Crippen LogP contribution in [0.1, 0.15) is 18.9 Å². The standard InChI is InChI=1S/C21H27BrN4O2.HI/c1-3-23-21(24-13-15-12-17(28-2)8-9-20(15)27)25-16-10-11-26(14-16)19-7-5-4-6-18(19)22;/h4-9,12,16,27H,3,10-11,13-14H2,1-2H3,(H2,23,24,25);1H. The third-order valence-corrected chi connectivity index (χ3v) is 5.43. The Balaban J connectivity index is 0.00000300. The molecule has 1 heterocycles. The highest BCUT2D eigenvalue weighted by Gasteiger charge is 2.24. The summed E-state index contributed by atoms with van der Waals surface area (Å²) in [6, 6.07) is 13.8. The number of halogens is 2. The summed E-state index contributed by atoms with van der Waals surface area (Å²) >= 11 is 3.64. The molecule has 29 heavy (non-hydrogen) atoms. The van der Waals surface area contributed by atoms with Crippen LogP contribution >= 0.6 is 39.9 Å². The lowest BCUT2D eigenvalue weighted by molar-refractivity contribution is 0.411. The fraction of sp³-hybridized carbons (Fsp3) is 0.381. The van der Waals surface area contributed by atoms with Crippen molar-refractivity contribution in [1.29, 1.82) is 0 Å². The van der Waals surface area contributed by atoms with Crippen LogP contribution in [0, 0.1) is 0 Å². The molecule has 0 bridgehead atoms. The van der Waals surface area contributed by atoms with Crippen molar-refractivity contribution in [3.8, 4) is 11.5 Å². The highest BCUT2D eigenvalue weighted by Crippen LogP contribution is 2.28. The van der Waals surface area contributed by atoms with E-state index in [0.29, 0.717) is 18.3 Å². The molecule has 1 unspecified atom stereocenters. The van der Waals surface area contributed by atoms with Crippen molar-refractivity contribution in [2.75, 3.05) is 31.6 Å². The van der Waals surface area contributed by atoms with Crippen molar-refractivity contribution < 1.29 is 9.84 Å². The van der Waals surface area contributed by atoms with Gasteiger partial charge < -0.3 is 25.4 Å². The smallest absolute Gasteiger partial charge is 0.191 e. The van der Waals surface area contributed by atoms with Gasteiger partial charge in [-0.15, -0.1) is 24.0 Å². The Kier molecular flexibility index (Phi) is 9.35. The highest BCUT2D eigenvalue weighted by molar-refractivity contribution is 14.0. The van der Waals surface area contributed by atoms with Crippen molar-refractivity contribution in [3.05, 3.63) is 52.5 Å². The highest BCUT2D eigenvalue weighted by atomic mass is 127. The number of guanidine groups is 1. The van der Waals surface area contributed by atoms with Gasteiger partial charge in [-0.1, -0.05) is 12.1 Å². The van der Waals surface area contributed by atoms with Crippen LogP contribution in [0.25, 0.3) is 0 Å². The minimum absolute atomic E-state index is 0. The molecular weight excluding hydrogens is 547 g/mol. The number of aromatic hydroxyl groups is 1. The summed E-state index contributed by atoms with van der Waals surface area (Å²) in [5, 5.41) is 16.9. The molecule has 1 aliphatic heterocycles. The van der Waals surface area contributed by atoms with Gasteiger partial charge in [-0.2, -0.15) is 0 Å². The van der Waals surface area contributed by atoms with E-state index in [9.17, 15) is 5.11 Å². The van der Waals surface area contributed by atoms with Crippen LogP contribution in [0.5, 0.6) is 11.5 Å². The Morgan fingerprint density at radius 3 is 2.83 bits per heavy atom. The van der Waals surface area contributed by atoms with E-state index in [1.54, 1.807) is 19.2 Å². The van der Waals surface area contributed by atoms with E-state index in [1.165, 1.54) is 5.69 Å². The van der Waals surface area contributed by atoms with E-state index in [4.69, 9.17) is 4.74 Å². The first-order chi connectivity index (χ1) is 13.6. The van der Waals surface area contributed by atoms with E-state index in [1.807, 2.05) is 19.1 Å². The van der Waals surface area contributed by atoms with Crippen molar-refractivity contribution in [2.45, 2.75) is 25.9 Å². The van der Waals surface area contributed by atoms with Crippen LogP contribution in [0.3, 0.4) is 0 Å². The molecule has 1 saturated heterocycles. The second kappa shape index (κ2) is 11.5. The first-order valence-corrected chi connectivity index (χ1v) is 10.3. The number of aliphatic imine (C=N–C) groups is 1. The second-order valence-electron chi connectivity index (χ2n) is 6.72. The Bertz CT molecular complexity index is 834. The molecule has 1 aliphatic rings. The van der Waals surface area contributed by atoms with Gasteiger partial charge in [0.15, 0.2) is 5.96 Å². The molecular formula is C21H28BrIN4O2. The Labute approximate surface area is 197 Å². The van der Waals surface area contributed by atoms with Crippen molar-refractivity contribution >= 4 is 51.6 Å². The molecule has 2 aromatic carbocycles. The van der Waals surface area contributed by atoms with Gasteiger partial charge in [-0.05, 0) is 59.6 Å². The first-order valence-electron chi connectivity index (χ1n) is 9.51. The second-order valence-corrected chi connectivity index (χ2v) is 7.57. The Hall–Kier alpha value is -1.68. The number of rotatable bonds is 6. The van der Waals surface area contributed by atoms with Gasteiger partial charge in [0.05, 0.1) is 19.3 Å². The quantitative estimate of drug-likeness (QED) is 0.275. The Morgan fingerprint density at radius 1 is 1.31 bits per heavy atom. The van der Waals surface area contributed by atoms with Crippen molar-refractivity contribution in [1.82, 2.24) is 10.6 Å². The number of nitrogens with one attached hydrogen (secondary N) is 2. The SMILES string of the molecule is CCNC(=NCc1cc(OC)ccc1O)NC1CCN(c2ccccc2Br)C1.I. The molecule has 3 rings (SSSR count). The predicted octanol–water partition coefficient (Wildman–Crippen LogP) is 4.12. The lowest BCUT2D eigenvalue weighted by Gasteiger charge is -2.21. The maximum absolute atomic E-state index is 10.1. The first kappa shape index (κ1) is 23.6. The van der Waals surface area contributed by atoms with Gasteiger partial charge in [0, 0.05) is 35.7 Å².